The number of anilines is 2. The maximum Gasteiger partial charge on any atom is 0.265 e. The average Bonchev–Trinajstić information content (AvgIpc) is 3.40. The molecule has 1 aromatic carbocycles. The summed E-state index contributed by atoms with van der Waals surface area (Å²) >= 11 is 0. The second-order valence-electron chi connectivity index (χ2n) is 9.25. The van der Waals surface area contributed by atoms with Gasteiger partial charge in [-0.15, -0.1) is 0 Å². The molecule has 0 radical (unpaired) electrons. The average molecular weight is 549 g/mol. The van der Waals surface area contributed by atoms with Gasteiger partial charge in [0.1, 0.15) is 23.8 Å². The van der Waals surface area contributed by atoms with E-state index in [0.29, 0.717) is 6.42 Å². The summed E-state index contributed by atoms with van der Waals surface area (Å²) in [4.78, 5) is 17.9. The highest BCUT2D eigenvalue weighted by Gasteiger charge is 2.43. The lowest BCUT2D eigenvalue weighted by molar-refractivity contribution is -0.0529. The SMILES string of the molecule is [2H]C([2H])(c1cc(-c2cc(F)c(OC)cc2F)ncc1N1CCC[C@](N)([C@H](O)C(F)F)C1)n1cnc2c(N)ncnc21. The zero-order valence-corrected chi connectivity index (χ0v) is 20.7. The van der Waals surface area contributed by atoms with Crippen molar-refractivity contribution < 1.29 is 30.1 Å². The van der Waals surface area contributed by atoms with E-state index in [1.54, 1.807) is 0 Å². The highest BCUT2D eigenvalue weighted by Crippen LogP contribution is 2.34. The second-order valence-corrected chi connectivity index (χ2v) is 9.25. The van der Waals surface area contributed by atoms with Crippen molar-refractivity contribution in [2.24, 2.45) is 5.73 Å². The Bertz CT molecular complexity index is 1610. The number of alkyl halides is 2. The number of imidazole rings is 1. The van der Waals surface area contributed by atoms with Crippen LogP contribution in [0.3, 0.4) is 0 Å². The molecule has 0 unspecified atom stereocenters. The first-order valence-corrected chi connectivity index (χ1v) is 11.9. The number of benzene rings is 1. The molecule has 0 spiro atoms. The first-order valence-electron chi connectivity index (χ1n) is 12.9. The normalized spacial score (nSPS) is 19.7. The minimum absolute atomic E-state index is 0.0147. The van der Waals surface area contributed by atoms with Crippen LogP contribution in [0.1, 0.15) is 21.1 Å². The Hall–Kier alpha value is -4.04. The number of pyridine rings is 1. The van der Waals surface area contributed by atoms with Crippen molar-refractivity contribution in [3.63, 3.8) is 0 Å². The molecule has 0 saturated carbocycles. The van der Waals surface area contributed by atoms with Crippen LogP contribution in [-0.4, -0.2) is 67.9 Å². The number of nitrogens with two attached hydrogens (primary N) is 2. The van der Waals surface area contributed by atoms with Crippen molar-refractivity contribution in [2.45, 2.75) is 37.4 Å². The van der Waals surface area contributed by atoms with E-state index in [-0.39, 0.29) is 64.7 Å². The van der Waals surface area contributed by atoms with Crippen LogP contribution >= 0.6 is 0 Å². The molecule has 10 nitrogen and oxygen atoms in total. The van der Waals surface area contributed by atoms with Gasteiger partial charge in [0.15, 0.2) is 23.0 Å². The van der Waals surface area contributed by atoms with Crippen LogP contribution in [0, 0.1) is 11.6 Å². The van der Waals surface area contributed by atoms with Crippen LogP contribution in [0.15, 0.2) is 37.1 Å². The van der Waals surface area contributed by atoms with E-state index in [9.17, 15) is 18.3 Å². The van der Waals surface area contributed by atoms with Gasteiger partial charge < -0.3 is 30.8 Å². The van der Waals surface area contributed by atoms with Gasteiger partial charge in [0.05, 0.1) is 45.8 Å². The lowest BCUT2D eigenvalue weighted by Gasteiger charge is -2.44. The number of piperidine rings is 1. The van der Waals surface area contributed by atoms with Gasteiger partial charge in [0.25, 0.3) is 6.43 Å². The number of rotatable bonds is 7. The third kappa shape index (κ3) is 4.92. The molecule has 0 aliphatic carbocycles. The Morgan fingerprint density at radius 3 is 2.72 bits per heavy atom. The molecule has 5 N–H and O–H groups in total. The standard InChI is InChI=1S/C25H26F4N8O2/c1-39-19-7-15(26)14(6-16(19)27)17-5-13(9-37-12-35-20-23(30)33-11-34-24(20)37)18(8-32-17)36-4-2-3-25(31,10-36)21(38)22(28)29/h5-8,11-12,21-22,38H,2-4,9-10,31H2,1H3,(H2,30,33,34)/t21-,25-/m1/s1/i9D2. The highest BCUT2D eigenvalue weighted by molar-refractivity contribution is 5.81. The van der Waals surface area contributed by atoms with Gasteiger partial charge in [-0.05, 0) is 30.5 Å². The van der Waals surface area contributed by atoms with Crippen LogP contribution in [0.4, 0.5) is 29.1 Å². The fraction of sp³-hybridized carbons (Fsp3) is 0.360. The summed E-state index contributed by atoms with van der Waals surface area (Å²) in [5.41, 5.74) is 10.2. The number of aliphatic hydroxyl groups excluding tert-OH is 1. The number of hydrogen-bond acceptors (Lipinski definition) is 9. The second kappa shape index (κ2) is 10.3. The Morgan fingerprint density at radius 2 is 1.97 bits per heavy atom. The number of nitrogen functional groups attached to an aromatic ring is 1. The molecule has 2 atom stereocenters. The zero-order valence-electron chi connectivity index (χ0n) is 22.7. The van der Waals surface area contributed by atoms with E-state index in [2.05, 4.69) is 19.9 Å². The molecule has 14 heteroatoms. The molecular weight excluding hydrogens is 520 g/mol. The van der Waals surface area contributed by atoms with E-state index >= 15 is 4.39 Å². The van der Waals surface area contributed by atoms with Crippen LogP contribution in [0.5, 0.6) is 5.75 Å². The quantitative estimate of drug-likeness (QED) is 0.297. The minimum atomic E-state index is -3.10. The number of hydrogen-bond donors (Lipinski definition) is 3. The molecule has 206 valence electrons. The van der Waals surface area contributed by atoms with Gasteiger partial charge in [-0.3, -0.25) is 4.98 Å². The largest absolute Gasteiger partial charge is 0.494 e. The fourth-order valence-corrected chi connectivity index (χ4v) is 4.69. The van der Waals surface area contributed by atoms with Gasteiger partial charge in [-0.2, -0.15) is 0 Å². The minimum Gasteiger partial charge on any atom is -0.494 e. The summed E-state index contributed by atoms with van der Waals surface area (Å²) in [5.74, 6) is -2.05. The molecule has 3 aromatic heterocycles. The summed E-state index contributed by atoms with van der Waals surface area (Å²) in [6, 6.07) is 2.95. The molecule has 1 aliphatic rings. The maximum absolute atomic E-state index is 15.0. The molecule has 1 fully saturated rings. The first kappa shape index (κ1) is 24.0. The third-order valence-electron chi connectivity index (χ3n) is 6.73. The third-order valence-corrected chi connectivity index (χ3v) is 6.73. The van der Waals surface area contributed by atoms with Gasteiger partial charge >= 0.3 is 0 Å². The molecule has 5 rings (SSSR count). The van der Waals surface area contributed by atoms with Gasteiger partial charge in [0.2, 0.25) is 0 Å². The van der Waals surface area contributed by atoms with Gasteiger partial charge in [-0.1, -0.05) is 0 Å². The maximum atomic E-state index is 15.0. The van der Waals surface area contributed by atoms with Crippen molar-refractivity contribution in [3.05, 3.63) is 54.2 Å². The van der Waals surface area contributed by atoms with E-state index in [1.807, 2.05) is 0 Å². The molecule has 0 bridgehead atoms. The Balaban J connectivity index is 1.69. The summed E-state index contributed by atoms with van der Waals surface area (Å²) in [7, 11) is 1.18. The molecule has 1 aliphatic heterocycles. The fourth-order valence-electron chi connectivity index (χ4n) is 4.69. The first-order chi connectivity index (χ1) is 19.4. The van der Waals surface area contributed by atoms with E-state index < -0.39 is 36.2 Å². The van der Waals surface area contributed by atoms with Crippen molar-refractivity contribution >= 4 is 22.7 Å². The molecule has 4 heterocycles. The monoisotopic (exact) mass is 548 g/mol. The number of nitrogens with zero attached hydrogens (tertiary/aromatic N) is 6. The summed E-state index contributed by atoms with van der Waals surface area (Å²) in [5, 5.41) is 10.2. The number of methoxy groups -OCH3 is 1. The summed E-state index contributed by atoms with van der Waals surface area (Å²) in [6.07, 6.45) is -1.29. The van der Waals surface area contributed by atoms with Crippen LogP contribution in [0.2, 0.25) is 0 Å². The van der Waals surface area contributed by atoms with Gasteiger partial charge in [0, 0.05) is 24.7 Å². The van der Waals surface area contributed by atoms with E-state index in [0.717, 1.165) is 29.4 Å². The molecule has 39 heavy (non-hydrogen) atoms. The lowest BCUT2D eigenvalue weighted by atomic mass is 9.84. The van der Waals surface area contributed by atoms with Crippen LogP contribution < -0.4 is 21.1 Å². The number of ether oxygens (including phenoxy) is 1. The number of aliphatic hydroxyl groups is 1. The molecule has 4 aromatic rings. The predicted molar refractivity (Wildman–Crippen MR) is 135 cm³/mol. The number of fused-ring (bicyclic) bond motifs is 1. The Labute approximate surface area is 223 Å². The zero-order chi connectivity index (χ0) is 29.7. The summed E-state index contributed by atoms with van der Waals surface area (Å²) in [6.45, 7) is -2.46. The number of halogens is 4. The van der Waals surface area contributed by atoms with E-state index in [4.69, 9.17) is 18.9 Å². The Kier molecular flexibility index (Phi) is 6.32. The van der Waals surface area contributed by atoms with Crippen molar-refractivity contribution in [1.82, 2.24) is 24.5 Å². The van der Waals surface area contributed by atoms with Crippen molar-refractivity contribution in [3.8, 4) is 17.0 Å². The van der Waals surface area contributed by atoms with Crippen LogP contribution in [0.25, 0.3) is 22.4 Å². The molecule has 0 amide bonds. The molecule has 1 saturated heterocycles. The van der Waals surface area contributed by atoms with Crippen molar-refractivity contribution in [2.75, 3.05) is 30.8 Å². The van der Waals surface area contributed by atoms with Crippen molar-refractivity contribution in [1.29, 1.82) is 0 Å². The highest BCUT2D eigenvalue weighted by atomic mass is 19.3. The topological polar surface area (TPSA) is 141 Å². The van der Waals surface area contributed by atoms with E-state index in [1.165, 1.54) is 24.3 Å². The molecular formula is C25H26F4N8O2. The van der Waals surface area contributed by atoms with Crippen LogP contribution in [-0.2, 0) is 6.50 Å². The van der Waals surface area contributed by atoms with Gasteiger partial charge in [-0.25, -0.2) is 32.5 Å². The number of aromatic nitrogens is 5. The smallest absolute Gasteiger partial charge is 0.265 e. The Morgan fingerprint density at radius 1 is 1.18 bits per heavy atom. The predicted octanol–water partition coefficient (Wildman–Crippen LogP) is 2.73. The lowest BCUT2D eigenvalue weighted by Crippen LogP contribution is -2.63. The summed E-state index contributed by atoms with van der Waals surface area (Å²) < 4.78 is 80.7.